The number of hydrogen-bond acceptors (Lipinski definition) is 10. The minimum absolute atomic E-state index is 0.0981. The first-order chi connectivity index (χ1) is 19.2. The summed E-state index contributed by atoms with van der Waals surface area (Å²) in [6, 6.07) is 9.93. The van der Waals surface area contributed by atoms with Crippen LogP contribution in [-0.4, -0.2) is 76.1 Å². The van der Waals surface area contributed by atoms with Crippen molar-refractivity contribution in [3.8, 4) is 23.0 Å². The molecule has 0 bridgehead atoms. The third-order valence-electron chi connectivity index (χ3n) is 5.19. The van der Waals surface area contributed by atoms with E-state index in [1.54, 1.807) is 36.4 Å². The summed E-state index contributed by atoms with van der Waals surface area (Å²) in [7, 11) is 3.83. The van der Waals surface area contributed by atoms with E-state index in [2.05, 4.69) is 20.7 Å². The normalized spacial score (nSPS) is 10.1. The maximum Gasteiger partial charge on any atom is 0.302 e. The summed E-state index contributed by atoms with van der Waals surface area (Å²) >= 11 is 3.21. The Morgan fingerprint density at radius 3 is 1.30 bits per heavy atom. The fraction of sp³-hybridized carbons (Fsp3) is 0.429. The van der Waals surface area contributed by atoms with Crippen molar-refractivity contribution < 1.29 is 47.6 Å². The Hall–Kier alpha value is -3.17. The molecule has 0 aromatic heterocycles. The van der Waals surface area contributed by atoms with Crippen molar-refractivity contribution >= 4 is 46.8 Å². The number of hydrogen-bond donors (Lipinski definition) is 0. The topological polar surface area (TPSA) is 124 Å². The van der Waals surface area contributed by atoms with E-state index in [1.807, 2.05) is 0 Å². The van der Waals surface area contributed by atoms with Crippen LogP contribution in [0.2, 0.25) is 0 Å². The van der Waals surface area contributed by atoms with Crippen LogP contribution in [0.3, 0.4) is 0 Å². The molecule has 0 fully saturated rings. The van der Waals surface area contributed by atoms with Gasteiger partial charge in [-0.2, -0.15) is 0 Å². The molecule has 10 nitrogen and oxygen atoms in total. The average molecular weight is 643 g/mol. The van der Waals surface area contributed by atoms with Crippen molar-refractivity contribution in [3.05, 3.63) is 47.5 Å². The zero-order valence-corrected chi connectivity index (χ0v) is 26.1. The van der Waals surface area contributed by atoms with Crippen LogP contribution in [0.5, 0.6) is 23.0 Å². The summed E-state index contributed by atoms with van der Waals surface area (Å²) in [6.45, 7) is 3.34. The molecule has 0 aliphatic carbocycles. The summed E-state index contributed by atoms with van der Waals surface area (Å²) in [5, 5.41) is 0.889. The molecule has 0 atom stereocenters. The first-order valence-electron chi connectivity index (χ1n) is 12.3. The van der Waals surface area contributed by atoms with E-state index in [0.29, 0.717) is 36.0 Å². The van der Waals surface area contributed by atoms with Crippen molar-refractivity contribution in [3.63, 3.8) is 0 Å². The third-order valence-corrected chi connectivity index (χ3v) is 7.94. The van der Waals surface area contributed by atoms with Gasteiger partial charge in [0.2, 0.25) is 0 Å². The highest BCUT2D eigenvalue weighted by atomic mass is 79.9. The minimum Gasteiger partial charge on any atom is -0.496 e. The van der Waals surface area contributed by atoms with Gasteiger partial charge in [-0.25, -0.2) is 0 Å². The van der Waals surface area contributed by atoms with Crippen LogP contribution < -0.4 is 18.9 Å². The summed E-state index contributed by atoms with van der Waals surface area (Å²) in [5.74, 6) is 0.599. The second kappa shape index (κ2) is 19.0. The molecule has 0 saturated carbocycles. The Morgan fingerprint density at radius 2 is 1.00 bits per heavy atom. The Labute approximate surface area is 244 Å². The molecule has 2 aromatic rings. The molecule has 0 aliphatic rings. The molecule has 0 radical (unpaired) electrons. The third kappa shape index (κ3) is 10.8. The summed E-state index contributed by atoms with van der Waals surface area (Å²) in [5.41, 5.74) is -0.429. The van der Waals surface area contributed by atoms with Crippen LogP contribution in [0.4, 0.5) is 0 Å². The molecular weight excluding hydrogens is 607 g/mol. The predicted octanol–water partition coefficient (Wildman–Crippen LogP) is 5.47. The van der Waals surface area contributed by atoms with Gasteiger partial charge in [0.05, 0.1) is 41.7 Å². The largest absolute Gasteiger partial charge is 0.496 e. The zero-order chi connectivity index (χ0) is 30.1. The van der Waals surface area contributed by atoms with Crippen molar-refractivity contribution in [1.29, 1.82) is 0 Å². The first kappa shape index (κ1) is 34.9. The summed E-state index contributed by atoms with van der Waals surface area (Å²) in [6.07, 6.45) is 1.42. The summed E-state index contributed by atoms with van der Waals surface area (Å²) in [4.78, 5) is 48.6. The van der Waals surface area contributed by atoms with Crippen LogP contribution in [0, 0.1) is 0 Å². The number of carbonyl (C=O) groups is 4. The molecule has 0 amide bonds. The highest BCUT2D eigenvalue weighted by Crippen LogP contribution is 2.50. The van der Waals surface area contributed by atoms with E-state index in [1.165, 1.54) is 42.3 Å². The number of carbonyl (C=O) groups excluding carboxylic acids is 4. The molecule has 220 valence electrons. The van der Waals surface area contributed by atoms with E-state index in [4.69, 9.17) is 23.7 Å². The fourth-order valence-corrected chi connectivity index (χ4v) is 5.64. The first-order valence-corrected chi connectivity index (χ1v) is 14.9. The average Bonchev–Trinajstić information content (AvgIpc) is 2.95. The van der Waals surface area contributed by atoms with Gasteiger partial charge in [-0.05, 0) is 43.3 Å². The van der Waals surface area contributed by atoms with E-state index in [-0.39, 0.29) is 29.9 Å². The molecule has 0 unspecified atom stereocenters. The molecular formula is C28H36BrO10P. The van der Waals surface area contributed by atoms with Crippen molar-refractivity contribution in [2.75, 3.05) is 53.1 Å². The predicted molar refractivity (Wildman–Crippen MR) is 156 cm³/mol. The SMILES string of the molecule is CC(=O)OCCCBr.COc1cccc(OC)c1C(=O)P(CCCOC(C)=O)C(=O)c1c(OC)cccc1OC. The molecule has 0 heterocycles. The molecule has 0 spiro atoms. The quantitative estimate of drug-likeness (QED) is 0.107. The van der Waals surface area contributed by atoms with Crippen molar-refractivity contribution in [2.24, 2.45) is 0 Å². The molecule has 0 N–H and O–H groups in total. The molecule has 12 heteroatoms. The highest BCUT2D eigenvalue weighted by molar-refractivity contribution is 9.09. The molecule has 2 aromatic carbocycles. The second-order valence-electron chi connectivity index (χ2n) is 7.91. The number of rotatable bonds is 15. The van der Waals surface area contributed by atoms with Gasteiger partial charge in [0.15, 0.2) is 11.0 Å². The zero-order valence-electron chi connectivity index (χ0n) is 23.6. The number of methoxy groups -OCH3 is 4. The van der Waals surface area contributed by atoms with Crippen molar-refractivity contribution in [2.45, 2.75) is 26.7 Å². The number of esters is 2. The van der Waals surface area contributed by atoms with Gasteiger partial charge in [-0.1, -0.05) is 28.1 Å². The van der Waals surface area contributed by atoms with Gasteiger partial charge in [-0.3, -0.25) is 19.2 Å². The van der Waals surface area contributed by atoms with Crippen molar-refractivity contribution in [1.82, 2.24) is 0 Å². The van der Waals surface area contributed by atoms with Gasteiger partial charge in [0.25, 0.3) is 0 Å². The van der Waals surface area contributed by atoms with Crippen LogP contribution in [0.25, 0.3) is 0 Å². The van der Waals surface area contributed by atoms with E-state index in [0.717, 1.165) is 11.8 Å². The van der Waals surface area contributed by atoms with Gasteiger partial charge < -0.3 is 28.4 Å². The Morgan fingerprint density at radius 1 is 0.650 bits per heavy atom. The number of halogens is 1. The lowest BCUT2D eigenvalue weighted by atomic mass is 10.2. The maximum atomic E-state index is 13.7. The number of alkyl halides is 1. The lowest BCUT2D eigenvalue weighted by Gasteiger charge is -2.20. The standard InChI is InChI=1S/C23H27O8P.C5H9BrO2/c1-15(24)31-13-8-14-32(22(25)20-16(27-2)9-6-10-17(20)28-3)23(26)21-18(29-4)11-7-12-19(21)30-5;1-5(7)8-4-2-3-6/h6-7,9-12H,8,13-14H2,1-5H3;2-4H2,1H3. The smallest absolute Gasteiger partial charge is 0.302 e. The van der Waals surface area contributed by atoms with E-state index in [9.17, 15) is 19.2 Å². The van der Waals surface area contributed by atoms with Gasteiger partial charge >= 0.3 is 11.9 Å². The Balaban J connectivity index is 0.000000869. The number of benzene rings is 2. The second-order valence-corrected chi connectivity index (χ2v) is 10.8. The molecule has 0 saturated heterocycles. The van der Waals surface area contributed by atoms with Gasteiger partial charge in [-0.15, -0.1) is 0 Å². The number of ether oxygens (including phenoxy) is 6. The van der Waals surface area contributed by atoms with Crippen LogP contribution in [0.1, 0.15) is 47.4 Å². The molecule has 2 rings (SSSR count). The highest BCUT2D eigenvalue weighted by Gasteiger charge is 2.35. The fourth-order valence-electron chi connectivity index (χ4n) is 3.40. The monoisotopic (exact) mass is 642 g/mol. The van der Waals surface area contributed by atoms with Crippen LogP contribution in [0.15, 0.2) is 36.4 Å². The molecule has 40 heavy (non-hydrogen) atoms. The van der Waals surface area contributed by atoms with Crippen LogP contribution >= 0.6 is 23.9 Å². The van der Waals surface area contributed by atoms with Gasteiger partial charge in [0, 0.05) is 27.1 Å². The summed E-state index contributed by atoms with van der Waals surface area (Å²) < 4.78 is 31.1. The van der Waals surface area contributed by atoms with Gasteiger partial charge in [0.1, 0.15) is 34.1 Å². The molecule has 0 aliphatic heterocycles. The van der Waals surface area contributed by atoms with E-state index < -0.39 is 24.9 Å². The minimum atomic E-state index is -1.94. The van der Waals surface area contributed by atoms with E-state index >= 15 is 0 Å². The lowest BCUT2D eigenvalue weighted by molar-refractivity contribution is -0.141. The Bertz CT molecular complexity index is 1030. The van der Waals surface area contributed by atoms with Crippen LogP contribution in [-0.2, 0) is 19.1 Å². The maximum absolute atomic E-state index is 13.7. The Kier molecular flexibility index (Phi) is 16.6. The lowest BCUT2D eigenvalue weighted by Crippen LogP contribution is -2.14.